The van der Waals surface area contributed by atoms with Gasteiger partial charge in [-0.25, -0.2) is 0 Å². The van der Waals surface area contributed by atoms with Crippen LogP contribution in [0.2, 0.25) is 0 Å². The van der Waals surface area contributed by atoms with Crippen LogP contribution in [-0.2, 0) is 29.2 Å². The lowest BCUT2D eigenvalue weighted by Crippen LogP contribution is -2.45. The summed E-state index contributed by atoms with van der Waals surface area (Å²) in [6.45, 7) is 5.98. The predicted molar refractivity (Wildman–Crippen MR) is 106 cm³/mol. The van der Waals surface area contributed by atoms with Crippen LogP contribution in [0.3, 0.4) is 0 Å². The van der Waals surface area contributed by atoms with E-state index in [0.717, 1.165) is 44.2 Å². The Morgan fingerprint density at radius 2 is 2.00 bits per heavy atom. The molecule has 2 aliphatic heterocycles. The molecular formula is C21H33N5O2. The van der Waals surface area contributed by atoms with Crippen LogP contribution in [0.25, 0.3) is 0 Å². The third-order valence-electron chi connectivity index (χ3n) is 6.59. The maximum atomic E-state index is 12.5. The van der Waals surface area contributed by atoms with Crippen molar-refractivity contribution in [1.29, 1.82) is 0 Å². The molecule has 0 spiro atoms. The first-order valence-corrected chi connectivity index (χ1v) is 11.0. The first kappa shape index (κ1) is 19.4. The molecule has 28 heavy (non-hydrogen) atoms. The molecule has 0 unspecified atom stereocenters. The van der Waals surface area contributed by atoms with Gasteiger partial charge < -0.3 is 10.2 Å². The second kappa shape index (κ2) is 8.64. The van der Waals surface area contributed by atoms with Crippen LogP contribution in [0.5, 0.6) is 0 Å². The monoisotopic (exact) mass is 387 g/mol. The number of nitrogens with one attached hydrogen (secondary N) is 1. The summed E-state index contributed by atoms with van der Waals surface area (Å²) in [6, 6.07) is 2.46. The molecule has 1 saturated heterocycles. The second-order valence-corrected chi connectivity index (χ2v) is 8.55. The number of fused-ring (bicyclic) bond motifs is 1. The second-order valence-electron chi connectivity index (χ2n) is 8.55. The molecule has 3 aliphatic rings. The van der Waals surface area contributed by atoms with Gasteiger partial charge in [0.2, 0.25) is 11.8 Å². The van der Waals surface area contributed by atoms with Crippen LogP contribution < -0.4 is 5.32 Å². The van der Waals surface area contributed by atoms with Gasteiger partial charge in [0, 0.05) is 38.6 Å². The average molecular weight is 388 g/mol. The molecule has 3 heterocycles. The van der Waals surface area contributed by atoms with Crippen LogP contribution >= 0.6 is 0 Å². The molecule has 0 bridgehead atoms. The normalized spacial score (nSPS) is 22.8. The average Bonchev–Trinajstić information content (AvgIpc) is 3.26. The Hall–Kier alpha value is -1.89. The van der Waals surface area contributed by atoms with E-state index >= 15 is 0 Å². The molecule has 1 atom stereocenters. The fourth-order valence-corrected chi connectivity index (χ4v) is 4.94. The van der Waals surface area contributed by atoms with Crippen molar-refractivity contribution in [2.45, 2.75) is 90.0 Å². The van der Waals surface area contributed by atoms with Crippen molar-refractivity contribution >= 4 is 11.8 Å². The maximum absolute atomic E-state index is 12.5. The molecule has 2 amide bonds. The standard InChI is InChI=1S/C21H33N5O2/c1-16(25-11-5-9-20(25)27)21(28)22-14-17-13-19-15-24(10-6-12-26(19)23-17)18-7-3-2-4-8-18/h13,16,18H,2-12,14-15H2,1H3,(H,22,28)/t16-/m0/s1. The van der Waals surface area contributed by atoms with Crippen molar-refractivity contribution in [3.05, 3.63) is 17.5 Å². The SMILES string of the molecule is C[C@@H](C(=O)NCc1cc2n(n1)CCCN(C1CCCCC1)C2)N1CCCC1=O. The van der Waals surface area contributed by atoms with Gasteiger partial charge in [-0.05, 0) is 38.7 Å². The highest BCUT2D eigenvalue weighted by atomic mass is 16.2. The molecule has 1 N–H and O–H groups in total. The van der Waals surface area contributed by atoms with E-state index in [9.17, 15) is 9.59 Å². The minimum atomic E-state index is -0.405. The summed E-state index contributed by atoms with van der Waals surface area (Å²) in [7, 11) is 0. The third kappa shape index (κ3) is 4.24. The fraction of sp³-hybridized carbons (Fsp3) is 0.762. The summed E-state index contributed by atoms with van der Waals surface area (Å²) in [5, 5.41) is 7.70. The summed E-state index contributed by atoms with van der Waals surface area (Å²) in [4.78, 5) is 28.6. The topological polar surface area (TPSA) is 70.5 Å². The lowest BCUT2D eigenvalue weighted by Gasteiger charge is -2.33. The highest BCUT2D eigenvalue weighted by Gasteiger charge is 2.29. The van der Waals surface area contributed by atoms with E-state index in [-0.39, 0.29) is 11.8 Å². The van der Waals surface area contributed by atoms with E-state index in [4.69, 9.17) is 5.10 Å². The van der Waals surface area contributed by atoms with Gasteiger partial charge in [-0.15, -0.1) is 0 Å². The Kier molecular flexibility index (Phi) is 5.99. The number of carbonyl (C=O) groups excluding carboxylic acids is 2. The first-order valence-electron chi connectivity index (χ1n) is 11.0. The molecule has 1 saturated carbocycles. The number of nitrogens with zero attached hydrogens (tertiary/aromatic N) is 4. The minimum absolute atomic E-state index is 0.0826. The van der Waals surface area contributed by atoms with Crippen molar-refractivity contribution in [3.8, 4) is 0 Å². The number of hydrogen-bond donors (Lipinski definition) is 1. The number of aryl methyl sites for hydroxylation is 1. The van der Waals surface area contributed by atoms with Crippen LogP contribution in [0.15, 0.2) is 6.07 Å². The zero-order valence-electron chi connectivity index (χ0n) is 17.0. The van der Waals surface area contributed by atoms with E-state index in [1.165, 1.54) is 37.8 Å². The highest BCUT2D eigenvalue weighted by molar-refractivity contribution is 5.88. The summed E-state index contributed by atoms with van der Waals surface area (Å²) in [6.07, 6.45) is 9.28. The van der Waals surface area contributed by atoms with Crippen molar-refractivity contribution < 1.29 is 9.59 Å². The fourth-order valence-electron chi connectivity index (χ4n) is 4.94. The molecule has 7 nitrogen and oxygen atoms in total. The van der Waals surface area contributed by atoms with Crippen molar-refractivity contribution in [2.75, 3.05) is 13.1 Å². The smallest absolute Gasteiger partial charge is 0.242 e. The van der Waals surface area contributed by atoms with Gasteiger partial charge in [-0.1, -0.05) is 19.3 Å². The quantitative estimate of drug-likeness (QED) is 0.839. The molecule has 0 radical (unpaired) electrons. The molecule has 154 valence electrons. The van der Waals surface area contributed by atoms with E-state index < -0.39 is 6.04 Å². The minimum Gasteiger partial charge on any atom is -0.349 e. The first-order chi connectivity index (χ1) is 13.6. The molecule has 1 aromatic rings. The summed E-state index contributed by atoms with van der Waals surface area (Å²) >= 11 is 0. The number of rotatable bonds is 5. The molecule has 7 heteroatoms. The summed E-state index contributed by atoms with van der Waals surface area (Å²) in [5.74, 6) is -0.0126. The number of carbonyl (C=O) groups is 2. The summed E-state index contributed by atoms with van der Waals surface area (Å²) < 4.78 is 2.12. The number of amides is 2. The molecular weight excluding hydrogens is 354 g/mol. The van der Waals surface area contributed by atoms with Crippen LogP contribution in [0.4, 0.5) is 0 Å². The molecule has 2 fully saturated rings. The number of aromatic nitrogens is 2. The van der Waals surface area contributed by atoms with Gasteiger partial charge >= 0.3 is 0 Å². The number of hydrogen-bond acceptors (Lipinski definition) is 4. The van der Waals surface area contributed by atoms with Crippen molar-refractivity contribution in [1.82, 2.24) is 24.9 Å². The van der Waals surface area contributed by atoms with Gasteiger partial charge in [0.1, 0.15) is 6.04 Å². The van der Waals surface area contributed by atoms with E-state index in [2.05, 4.69) is 21.0 Å². The lowest BCUT2D eigenvalue weighted by atomic mass is 9.94. The Morgan fingerprint density at radius 1 is 1.18 bits per heavy atom. The van der Waals surface area contributed by atoms with Crippen molar-refractivity contribution in [2.24, 2.45) is 0 Å². The van der Waals surface area contributed by atoms with Gasteiger partial charge in [0.05, 0.1) is 17.9 Å². The molecule has 0 aromatic carbocycles. The predicted octanol–water partition coefficient (Wildman–Crippen LogP) is 2.05. The largest absolute Gasteiger partial charge is 0.349 e. The van der Waals surface area contributed by atoms with Crippen LogP contribution in [0.1, 0.15) is 69.7 Å². The van der Waals surface area contributed by atoms with Gasteiger partial charge in [0.15, 0.2) is 0 Å². The summed E-state index contributed by atoms with van der Waals surface area (Å²) in [5.41, 5.74) is 2.17. The van der Waals surface area contributed by atoms with Gasteiger partial charge in [-0.3, -0.25) is 19.2 Å². The van der Waals surface area contributed by atoms with Crippen molar-refractivity contribution in [3.63, 3.8) is 0 Å². The Bertz CT molecular complexity index is 710. The van der Waals surface area contributed by atoms with E-state index in [1.807, 2.05) is 6.92 Å². The molecule has 4 rings (SSSR count). The number of likely N-dealkylation sites (tertiary alicyclic amines) is 1. The van der Waals surface area contributed by atoms with Gasteiger partial charge in [0.25, 0.3) is 0 Å². The zero-order chi connectivity index (χ0) is 19.5. The van der Waals surface area contributed by atoms with E-state index in [1.54, 1.807) is 4.90 Å². The highest BCUT2D eigenvalue weighted by Crippen LogP contribution is 2.26. The Balaban J connectivity index is 1.34. The lowest BCUT2D eigenvalue weighted by molar-refractivity contribution is -0.136. The Labute approximate surface area is 167 Å². The zero-order valence-corrected chi connectivity index (χ0v) is 17.0. The molecule has 1 aliphatic carbocycles. The van der Waals surface area contributed by atoms with E-state index in [0.29, 0.717) is 19.5 Å². The van der Waals surface area contributed by atoms with Crippen LogP contribution in [-0.4, -0.2) is 56.6 Å². The van der Waals surface area contributed by atoms with Gasteiger partial charge in [-0.2, -0.15) is 5.10 Å². The third-order valence-corrected chi connectivity index (χ3v) is 6.59. The Morgan fingerprint density at radius 3 is 2.75 bits per heavy atom. The maximum Gasteiger partial charge on any atom is 0.242 e. The molecule has 1 aromatic heterocycles. The van der Waals surface area contributed by atoms with Crippen LogP contribution in [0, 0.1) is 0 Å².